The predicted octanol–water partition coefficient (Wildman–Crippen LogP) is 12.6. The summed E-state index contributed by atoms with van der Waals surface area (Å²) in [6.07, 6.45) is 39.3. The number of likely N-dealkylation sites (tertiary alicyclic amines) is 1. The molecule has 2 fully saturated rings. The number of carbonyl (C=O) groups excluding carboxylic acids is 3. The van der Waals surface area contributed by atoms with Crippen LogP contribution >= 0.6 is 0 Å². The maximum absolute atomic E-state index is 13.0. The van der Waals surface area contributed by atoms with Gasteiger partial charge in [-0.2, -0.15) is 0 Å². The van der Waals surface area contributed by atoms with E-state index in [1.807, 2.05) is 0 Å². The Bertz CT molecular complexity index is 1130. The van der Waals surface area contributed by atoms with E-state index in [0.717, 1.165) is 109 Å². The molecule has 0 aromatic heterocycles. The average molecular weight is 861 g/mol. The van der Waals surface area contributed by atoms with Crippen molar-refractivity contribution in [2.75, 3.05) is 52.7 Å². The normalized spacial score (nSPS) is 16.9. The van der Waals surface area contributed by atoms with Crippen molar-refractivity contribution in [3.05, 3.63) is 24.3 Å². The molecule has 0 spiro atoms. The number of esters is 2. The molecule has 0 aromatic rings. The van der Waals surface area contributed by atoms with Gasteiger partial charge in [-0.3, -0.25) is 9.59 Å². The number of amides is 1. The molecule has 1 saturated heterocycles. The predicted molar refractivity (Wildman–Crippen MR) is 248 cm³/mol. The Morgan fingerprint density at radius 3 is 1.84 bits per heavy atom. The van der Waals surface area contributed by atoms with Crippen molar-refractivity contribution in [3.8, 4) is 0 Å². The fourth-order valence-corrected chi connectivity index (χ4v) is 7.71. The largest absolute Gasteiger partial charge is 0.465 e. The Balaban J connectivity index is 1.75. The number of likely N-dealkylation sites (N-methyl/N-ethyl adjacent to an activating group) is 1. The second kappa shape index (κ2) is 39.2. The van der Waals surface area contributed by atoms with Crippen LogP contribution < -0.4 is 5.32 Å². The van der Waals surface area contributed by atoms with E-state index in [2.05, 4.69) is 55.3 Å². The molecule has 1 heterocycles. The minimum atomic E-state index is -0.499. The molecule has 1 saturated carbocycles. The summed E-state index contributed by atoms with van der Waals surface area (Å²) < 4.78 is 29.2. The van der Waals surface area contributed by atoms with Crippen LogP contribution in [0.3, 0.4) is 0 Å². The fourth-order valence-electron chi connectivity index (χ4n) is 7.71. The molecule has 10 nitrogen and oxygen atoms in total. The minimum Gasteiger partial charge on any atom is -0.465 e. The zero-order valence-electron chi connectivity index (χ0n) is 39.5. The summed E-state index contributed by atoms with van der Waals surface area (Å²) in [6.45, 7) is 10.6. The smallest absolute Gasteiger partial charge is 0.407 e. The van der Waals surface area contributed by atoms with Gasteiger partial charge in [0.05, 0.1) is 12.3 Å². The first-order valence-electron chi connectivity index (χ1n) is 25.4. The number of nitrogens with zero attached hydrogens (tertiary/aromatic N) is 1. The molecule has 3 unspecified atom stereocenters. The van der Waals surface area contributed by atoms with Crippen molar-refractivity contribution in [2.45, 2.75) is 219 Å². The highest BCUT2D eigenvalue weighted by atomic mass is 16.7. The molecule has 0 bridgehead atoms. The van der Waals surface area contributed by atoms with Gasteiger partial charge in [0.1, 0.15) is 19.8 Å². The fraction of sp³-hybridized carbons (Fsp3) is 0.863. The van der Waals surface area contributed by atoms with Crippen LogP contribution in [0.25, 0.3) is 0 Å². The van der Waals surface area contributed by atoms with E-state index in [9.17, 15) is 14.4 Å². The lowest BCUT2D eigenvalue weighted by atomic mass is 10.1. The Morgan fingerprint density at radius 2 is 1.18 bits per heavy atom. The van der Waals surface area contributed by atoms with Crippen LogP contribution in [0.4, 0.5) is 4.79 Å². The zero-order valence-corrected chi connectivity index (χ0v) is 39.5. The first kappa shape index (κ1) is 54.7. The third kappa shape index (κ3) is 33.8. The van der Waals surface area contributed by atoms with Crippen LogP contribution in [0, 0.1) is 11.8 Å². The van der Waals surface area contributed by atoms with Crippen LogP contribution in [0.2, 0.25) is 0 Å². The second-order valence-corrected chi connectivity index (χ2v) is 17.8. The van der Waals surface area contributed by atoms with Crippen LogP contribution in [0.5, 0.6) is 0 Å². The summed E-state index contributed by atoms with van der Waals surface area (Å²) in [5.74, 6) is -0.140. The minimum absolute atomic E-state index is 0.0128. The molecule has 1 aliphatic carbocycles. The molecule has 61 heavy (non-hydrogen) atoms. The van der Waals surface area contributed by atoms with Crippen molar-refractivity contribution in [1.82, 2.24) is 10.2 Å². The number of hydrogen-bond donors (Lipinski definition) is 1. The third-order valence-corrected chi connectivity index (χ3v) is 11.9. The van der Waals surface area contributed by atoms with Gasteiger partial charge in [0.25, 0.3) is 0 Å². The molecular formula is C51H92N2O8. The van der Waals surface area contributed by atoms with E-state index in [1.165, 1.54) is 83.5 Å². The number of hydrogen-bond acceptors (Lipinski definition) is 9. The summed E-state index contributed by atoms with van der Waals surface area (Å²) in [6, 6.07) is 0.0323. The van der Waals surface area contributed by atoms with E-state index in [4.69, 9.17) is 23.7 Å². The first-order valence-corrected chi connectivity index (χ1v) is 25.4. The number of nitrogens with one attached hydrogen (secondary N) is 1. The van der Waals surface area contributed by atoms with Gasteiger partial charge in [0.2, 0.25) is 0 Å². The molecule has 2 rings (SSSR count). The summed E-state index contributed by atoms with van der Waals surface area (Å²) in [7, 11) is 0. The van der Waals surface area contributed by atoms with E-state index < -0.39 is 18.3 Å². The molecule has 1 aliphatic heterocycles. The van der Waals surface area contributed by atoms with Crippen molar-refractivity contribution in [1.29, 1.82) is 0 Å². The molecule has 354 valence electrons. The summed E-state index contributed by atoms with van der Waals surface area (Å²) >= 11 is 0. The number of rotatable bonds is 41. The first-order chi connectivity index (χ1) is 29.9. The quantitative estimate of drug-likeness (QED) is 0.0211. The Morgan fingerprint density at radius 1 is 0.623 bits per heavy atom. The maximum Gasteiger partial charge on any atom is 0.407 e. The molecule has 1 amide bonds. The van der Waals surface area contributed by atoms with Gasteiger partial charge < -0.3 is 33.9 Å². The molecule has 0 aromatic carbocycles. The van der Waals surface area contributed by atoms with Crippen molar-refractivity contribution < 1.29 is 38.1 Å². The van der Waals surface area contributed by atoms with Gasteiger partial charge in [-0.05, 0) is 83.2 Å². The van der Waals surface area contributed by atoms with Gasteiger partial charge in [-0.25, -0.2) is 4.79 Å². The van der Waals surface area contributed by atoms with E-state index in [-0.39, 0.29) is 44.2 Å². The second-order valence-electron chi connectivity index (χ2n) is 17.8. The van der Waals surface area contributed by atoms with Gasteiger partial charge in [0, 0.05) is 38.6 Å². The van der Waals surface area contributed by atoms with E-state index in [1.54, 1.807) is 0 Å². The van der Waals surface area contributed by atoms with E-state index >= 15 is 0 Å². The van der Waals surface area contributed by atoms with Crippen LogP contribution in [-0.2, 0) is 33.3 Å². The maximum atomic E-state index is 13.0. The molecule has 3 atom stereocenters. The average Bonchev–Trinajstić information content (AvgIpc) is 4.10. The van der Waals surface area contributed by atoms with Crippen molar-refractivity contribution >= 4 is 18.0 Å². The molecule has 1 N–H and O–H groups in total. The molecular weight excluding hydrogens is 769 g/mol. The highest BCUT2D eigenvalue weighted by molar-refractivity contribution is 5.70. The summed E-state index contributed by atoms with van der Waals surface area (Å²) in [5.41, 5.74) is 0. The third-order valence-electron chi connectivity index (χ3n) is 11.9. The van der Waals surface area contributed by atoms with Crippen molar-refractivity contribution in [3.63, 3.8) is 0 Å². The molecule has 10 heteroatoms. The Hall–Kier alpha value is -2.43. The van der Waals surface area contributed by atoms with Gasteiger partial charge in [-0.1, -0.05) is 148 Å². The van der Waals surface area contributed by atoms with Crippen LogP contribution in [0.1, 0.15) is 207 Å². The topological polar surface area (TPSA) is 113 Å². The monoisotopic (exact) mass is 861 g/mol. The van der Waals surface area contributed by atoms with Crippen molar-refractivity contribution in [2.24, 2.45) is 11.8 Å². The highest BCUT2D eigenvalue weighted by Crippen LogP contribution is 2.34. The van der Waals surface area contributed by atoms with Crippen LogP contribution in [-0.4, -0.2) is 87.9 Å². The number of alkyl carbamates (subject to hydrolysis) is 1. The van der Waals surface area contributed by atoms with Gasteiger partial charge >= 0.3 is 18.0 Å². The Kier molecular flexibility index (Phi) is 35.1. The number of allylic oxidation sites excluding steroid dienone is 4. The molecule has 2 aliphatic rings. The SMILES string of the molecule is CCCCC/C=C\C/C=C\CCCCCCCC(=O)OCC(COC(=O)CCC(OCCCCCCCC)OCCCCCCC1CC1)COC(=O)NC1CCCN(CC)C1. The number of unbranched alkanes of at least 4 members (excludes halogenated alkanes) is 16. The summed E-state index contributed by atoms with van der Waals surface area (Å²) in [4.78, 5) is 40.9. The highest BCUT2D eigenvalue weighted by Gasteiger charge is 2.23. The van der Waals surface area contributed by atoms with Gasteiger partial charge in [-0.15, -0.1) is 0 Å². The lowest BCUT2D eigenvalue weighted by Gasteiger charge is -2.32. The molecule has 0 radical (unpaired) electrons. The van der Waals surface area contributed by atoms with Crippen LogP contribution in [0.15, 0.2) is 24.3 Å². The number of carbonyl (C=O) groups is 3. The summed E-state index contributed by atoms with van der Waals surface area (Å²) in [5, 5.41) is 2.99. The standard InChI is InChI=1S/C51H92N2O8/c1-4-7-9-11-13-14-15-16-17-18-19-20-21-22-27-33-48(54)59-42-46(44-61-51(56)52-47-32-30-38-53(6-3)41-47)43-60-49(55)36-37-50(57-39-28-24-12-10-8-5-2)58-40-29-25-23-26-31-45-34-35-45/h13-14,16-17,45-47,50H,4-12,15,18-44H2,1-3H3,(H,52,56)/b14-13-,17-16-. The number of piperidine rings is 1. The zero-order chi connectivity index (χ0) is 43.9. The van der Waals surface area contributed by atoms with E-state index in [0.29, 0.717) is 26.1 Å². The van der Waals surface area contributed by atoms with Gasteiger partial charge in [0.15, 0.2) is 6.29 Å². The lowest BCUT2D eigenvalue weighted by molar-refractivity contribution is -0.161. The number of ether oxygens (including phenoxy) is 5. The lowest BCUT2D eigenvalue weighted by Crippen LogP contribution is -2.48. The Labute approximate surface area is 373 Å².